The Morgan fingerprint density at radius 2 is 1.73 bits per heavy atom. The van der Waals surface area contributed by atoms with Crippen LogP contribution in [0.1, 0.15) is 20.8 Å². The van der Waals surface area contributed by atoms with E-state index in [4.69, 9.17) is 26.4 Å². The molecule has 3 aliphatic heterocycles. The molecule has 17 heteroatoms. The molecule has 0 atom stereocenters. The summed E-state index contributed by atoms with van der Waals surface area (Å²) in [5, 5.41) is 19.4. The van der Waals surface area contributed by atoms with Gasteiger partial charge in [-0.2, -0.15) is 0 Å². The molecule has 0 unspecified atom stereocenters. The standard InChI is InChI=1S/C27H25N3O10S4/c1-4-38-21(35)10-28-14-6-15-16(40-11-39-15)7-17(14)42-25(28)13(12(2)3)5-18-23(36)29(8-19(31)32)26(43-18)22-24(37)30(9-20(33)34)27(41)44-22/h5-7,12H,4,8-11H2,1-3H3,(H,31,32)(H,33,34)/b18-5+,25-13-,26-22+. The molecule has 13 nitrogen and oxygen atoms in total. The first kappa shape index (κ1) is 31.6. The number of benzene rings is 1. The Balaban J connectivity index is 1.70. The molecular formula is C27H25N3O10S4. The van der Waals surface area contributed by atoms with Crippen LogP contribution in [-0.2, 0) is 30.5 Å². The van der Waals surface area contributed by atoms with Crippen molar-refractivity contribution in [2.75, 3.05) is 31.4 Å². The van der Waals surface area contributed by atoms with Crippen LogP contribution in [0.4, 0.5) is 5.69 Å². The number of hydrogen-bond donors (Lipinski definition) is 2. The smallest absolute Gasteiger partial charge is 0.325 e. The molecule has 5 rings (SSSR count). The molecule has 3 aliphatic rings. The van der Waals surface area contributed by atoms with E-state index < -0.39 is 42.5 Å². The first-order chi connectivity index (χ1) is 20.9. The van der Waals surface area contributed by atoms with Crippen molar-refractivity contribution in [3.05, 3.63) is 42.3 Å². The minimum atomic E-state index is -1.30. The lowest BCUT2D eigenvalue weighted by atomic mass is 10.0. The largest absolute Gasteiger partial charge is 0.480 e. The molecule has 0 radical (unpaired) electrons. The molecule has 44 heavy (non-hydrogen) atoms. The average molecular weight is 680 g/mol. The molecule has 0 aliphatic carbocycles. The number of rotatable bonds is 9. The number of allylic oxidation sites excluding steroid dienone is 1. The normalized spacial score (nSPS) is 18.4. The second-order valence-corrected chi connectivity index (χ2v) is 13.5. The Hall–Kier alpha value is -3.80. The van der Waals surface area contributed by atoms with Gasteiger partial charge in [-0.25, -0.2) is 0 Å². The first-order valence-electron chi connectivity index (χ1n) is 13.1. The van der Waals surface area contributed by atoms with Crippen molar-refractivity contribution in [3.8, 4) is 11.5 Å². The van der Waals surface area contributed by atoms with Crippen LogP contribution in [0.15, 0.2) is 32.4 Å². The van der Waals surface area contributed by atoms with Crippen LogP contribution in [0.5, 0.6) is 11.5 Å². The van der Waals surface area contributed by atoms with E-state index in [2.05, 4.69) is 0 Å². The van der Waals surface area contributed by atoms with E-state index in [-0.39, 0.29) is 44.3 Å². The molecule has 232 valence electrons. The predicted molar refractivity (Wildman–Crippen MR) is 167 cm³/mol. The molecule has 0 saturated carbocycles. The molecule has 1 aromatic heterocycles. The lowest BCUT2D eigenvalue weighted by Crippen LogP contribution is -2.37. The van der Waals surface area contributed by atoms with Crippen molar-refractivity contribution in [2.24, 2.45) is 5.92 Å². The number of aromatic nitrogens is 1. The van der Waals surface area contributed by atoms with Gasteiger partial charge in [0.2, 0.25) is 6.79 Å². The van der Waals surface area contributed by atoms with Crippen molar-refractivity contribution in [1.29, 1.82) is 0 Å². The summed E-state index contributed by atoms with van der Waals surface area (Å²) in [6, 6.07) is 3.60. The number of carboxylic acid groups (broad SMARTS) is 2. The van der Waals surface area contributed by atoms with Crippen LogP contribution in [0.2, 0.25) is 0 Å². The highest BCUT2D eigenvalue weighted by Crippen LogP contribution is 2.52. The Morgan fingerprint density at radius 1 is 1.05 bits per heavy atom. The molecule has 1 fully saturated rings. The quantitative estimate of drug-likeness (QED) is 0.290. The number of aliphatic carboxylic acids is 2. The number of fused-ring (bicyclic) bond motifs is 2. The molecule has 0 bridgehead atoms. The lowest BCUT2D eigenvalue weighted by Gasteiger charge is -2.23. The minimum Gasteiger partial charge on any atom is -0.480 e. The van der Waals surface area contributed by atoms with Crippen LogP contribution >= 0.6 is 47.1 Å². The minimum absolute atomic E-state index is 0.0137. The van der Waals surface area contributed by atoms with Gasteiger partial charge >= 0.3 is 17.9 Å². The Bertz CT molecular complexity index is 1830. The molecule has 0 spiro atoms. The van der Waals surface area contributed by atoms with Gasteiger partial charge in [0.1, 0.15) is 33.5 Å². The summed E-state index contributed by atoms with van der Waals surface area (Å²) in [6.07, 6.45) is 1.63. The van der Waals surface area contributed by atoms with Crippen LogP contribution in [-0.4, -0.2) is 74.3 Å². The number of anilines is 1. The zero-order valence-corrected chi connectivity index (χ0v) is 26.7. The zero-order valence-electron chi connectivity index (χ0n) is 23.5. The summed E-state index contributed by atoms with van der Waals surface area (Å²) in [6.45, 7) is 4.29. The molecule has 4 heterocycles. The maximum Gasteiger partial charge on any atom is 0.325 e. The van der Waals surface area contributed by atoms with Crippen molar-refractivity contribution < 1.29 is 43.6 Å². The van der Waals surface area contributed by atoms with Crippen molar-refractivity contribution >= 4 is 91.9 Å². The van der Waals surface area contributed by atoms with E-state index >= 15 is 0 Å². The van der Waals surface area contributed by atoms with Gasteiger partial charge in [0.25, 0.3) is 11.5 Å². The van der Waals surface area contributed by atoms with Gasteiger partial charge in [0.05, 0.1) is 21.9 Å². The number of amides is 1. The van der Waals surface area contributed by atoms with Crippen LogP contribution in [0.25, 0.3) is 11.0 Å². The number of ether oxygens (including phenoxy) is 3. The molecule has 2 N–H and O–H groups in total. The maximum atomic E-state index is 13.7. The highest BCUT2D eigenvalue weighted by Gasteiger charge is 2.36. The van der Waals surface area contributed by atoms with Crippen LogP contribution < -0.4 is 29.1 Å². The molecule has 1 saturated heterocycles. The fraction of sp³-hybridized carbons (Fsp3) is 0.333. The number of thiocarbonyl (C=S) groups is 1. The second kappa shape index (κ2) is 12.7. The van der Waals surface area contributed by atoms with Crippen molar-refractivity contribution in [2.45, 2.75) is 32.2 Å². The number of thioether (sulfide) groups is 2. The molecular weight excluding hydrogens is 655 g/mol. The number of carboxylic acids is 2. The highest BCUT2D eigenvalue weighted by molar-refractivity contribution is 8.30. The number of carbonyl (C=O) groups is 4. The monoisotopic (exact) mass is 679 g/mol. The van der Waals surface area contributed by atoms with E-state index in [9.17, 15) is 34.2 Å². The van der Waals surface area contributed by atoms with E-state index in [1.807, 2.05) is 19.9 Å². The lowest BCUT2D eigenvalue weighted by molar-refractivity contribution is -0.141. The zero-order chi connectivity index (χ0) is 31.9. The average Bonchev–Trinajstić information content (AvgIpc) is 3.68. The summed E-state index contributed by atoms with van der Waals surface area (Å²) < 4.78 is 17.5. The molecule has 1 aromatic carbocycles. The van der Waals surface area contributed by atoms with Gasteiger partial charge < -0.3 is 29.3 Å². The summed E-state index contributed by atoms with van der Waals surface area (Å²) in [4.78, 5) is 65.9. The topological polar surface area (TPSA) is 165 Å². The van der Waals surface area contributed by atoms with Gasteiger partial charge in [-0.3, -0.25) is 33.4 Å². The third-order valence-electron chi connectivity index (χ3n) is 6.48. The first-order valence-corrected chi connectivity index (χ1v) is 16.0. The fourth-order valence-electron chi connectivity index (χ4n) is 4.56. The van der Waals surface area contributed by atoms with Gasteiger partial charge in [0, 0.05) is 17.0 Å². The van der Waals surface area contributed by atoms with Gasteiger partial charge in [0.15, 0.2) is 11.5 Å². The Morgan fingerprint density at radius 3 is 2.36 bits per heavy atom. The third kappa shape index (κ3) is 6.09. The molecule has 1 amide bonds. The Labute approximate surface area is 267 Å². The summed E-state index contributed by atoms with van der Waals surface area (Å²) >= 11 is 8.29. The maximum absolute atomic E-state index is 13.7. The van der Waals surface area contributed by atoms with Crippen LogP contribution in [0, 0.1) is 5.92 Å². The summed E-state index contributed by atoms with van der Waals surface area (Å²) in [7, 11) is 0. The van der Waals surface area contributed by atoms with Crippen LogP contribution in [0.3, 0.4) is 0 Å². The predicted octanol–water partition coefficient (Wildman–Crippen LogP) is 1.60. The number of hydrogen-bond acceptors (Lipinski definition) is 13. The number of esters is 1. The second-order valence-electron chi connectivity index (χ2n) is 9.76. The van der Waals surface area contributed by atoms with E-state index in [1.54, 1.807) is 24.0 Å². The number of carbonyl (C=O) groups excluding carboxylic acids is 2. The fourth-order valence-corrected chi connectivity index (χ4v) is 8.40. The summed E-state index contributed by atoms with van der Waals surface area (Å²) in [5.74, 6) is -2.85. The molecule has 2 aromatic rings. The van der Waals surface area contributed by atoms with Gasteiger partial charge in [-0.15, -0.1) is 11.3 Å². The van der Waals surface area contributed by atoms with Gasteiger partial charge in [-0.05, 0) is 24.5 Å². The Kier molecular flexibility index (Phi) is 9.10. The number of thiazole rings is 1. The number of nitrogens with zero attached hydrogens (tertiary/aromatic N) is 3. The highest BCUT2D eigenvalue weighted by atomic mass is 32.2. The van der Waals surface area contributed by atoms with Crippen molar-refractivity contribution in [3.63, 3.8) is 0 Å². The van der Waals surface area contributed by atoms with E-state index in [1.165, 1.54) is 11.8 Å². The van der Waals surface area contributed by atoms with Gasteiger partial charge in [-0.1, -0.05) is 49.6 Å². The van der Waals surface area contributed by atoms with E-state index in [0.29, 0.717) is 27.8 Å². The SMILES string of the molecule is CCOC(=O)CN1/C(=C(\C=c2\s/c(=C3/SC(=S)N(CC(=O)O)C3=O)n(CC(=O)O)c2=O)C(C)C)Sc2cc3c(cc21)OCO3. The van der Waals surface area contributed by atoms with E-state index in [0.717, 1.165) is 37.5 Å². The van der Waals surface area contributed by atoms with Crippen molar-refractivity contribution in [1.82, 2.24) is 9.47 Å². The third-order valence-corrected chi connectivity index (χ3v) is 10.4. The summed E-state index contributed by atoms with van der Waals surface area (Å²) in [5.41, 5.74) is 0.718.